The summed E-state index contributed by atoms with van der Waals surface area (Å²) in [6.45, 7) is 1.99. The van der Waals surface area contributed by atoms with Crippen molar-refractivity contribution >= 4 is 23.7 Å². The number of hydrogen-bond acceptors (Lipinski definition) is 6. The largest absolute Gasteiger partial charge is 0.341 e. The van der Waals surface area contributed by atoms with Crippen molar-refractivity contribution in [2.75, 3.05) is 7.05 Å². The number of rotatable bonds is 5. The predicted octanol–water partition coefficient (Wildman–Crippen LogP) is 2.26. The summed E-state index contributed by atoms with van der Waals surface area (Å²) in [4.78, 5) is 24.2. The van der Waals surface area contributed by atoms with Crippen LogP contribution in [-0.4, -0.2) is 39.2 Å². The minimum Gasteiger partial charge on any atom is -0.341 e. The van der Waals surface area contributed by atoms with Crippen molar-refractivity contribution in [1.82, 2.24) is 30.8 Å². The van der Waals surface area contributed by atoms with Crippen LogP contribution in [-0.2, 0) is 4.79 Å². The van der Waals surface area contributed by atoms with Gasteiger partial charge in [0.15, 0.2) is 0 Å². The molecule has 3 amide bonds. The highest BCUT2D eigenvalue weighted by Crippen LogP contribution is 2.34. The fraction of sp³-hybridized carbons (Fsp3) is 0.167. The molecule has 3 aromatic rings. The van der Waals surface area contributed by atoms with E-state index in [1.54, 1.807) is 4.68 Å². The summed E-state index contributed by atoms with van der Waals surface area (Å²) >= 11 is 1.17. The highest BCUT2D eigenvalue weighted by atomic mass is 32.2. The van der Waals surface area contributed by atoms with Gasteiger partial charge in [0.25, 0.3) is 0 Å². The molecular formula is C18H18N6O2S. The van der Waals surface area contributed by atoms with Crippen LogP contribution in [0.2, 0.25) is 0 Å². The Kier molecular flexibility index (Phi) is 5.82. The lowest BCUT2D eigenvalue weighted by atomic mass is 10.1. The molecule has 27 heavy (non-hydrogen) atoms. The smallest absolute Gasteiger partial charge is 0.321 e. The molecule has 1 aromatic heterocycles. The van der Waals surface area contributed by atoms with Gasteiger partial charge < -0.3 is 5.32 Å². The summed E-state index contributed by atoms with van der Waals surface area (Å²) in [5, 5.41) is 16.3. The Labute approximate surface area is 160 Å². The zero-order valence-electron chi connectivity index (χ0n) is 14.8. The van der Waals surface area contributed by atoms with Gasteiger partial charge in [0, 0.05) is 7.05 Å². The monoisotopic (exact) mass is 382 g/mol. The fourth-order valence-corrected chi connectivity index (χ4v) is 3.34. The number of benzene rings is 2. The van der Waals surface area contributed by atoms with Crippen molar-refractivity contribution < 1.29 is 9.59 Å². The first-order chi connectivity index (χ1) is 13.1. The van der Waals surface area contributed by atoms with E-state index in [0.717, 1.165) is 16.8 Å². The molecule has 0 unspecified atom stereocenters. The first-order valence-corrected chi connectivity index (χ1v) is 9.06. The van der Waals surface area contributed by atoms with Crippen LogP contribution >= 0.6 is 11.8 Å². The second-order valence-electron chi connectivity index (χ2n) is 5.69. The summed E-state index contributed by atoms with van der Waals surface area (Å²) in [5.74, 6) is -0.455. The van der Waals surface area contributed by atoms with Crippen LogP contribution in [0.5, 0.6) is 0 Å². The molecule has 2 aromatic carbocycles. The third kappa shape index (κ3) is 4.50. The zero-order valence-corrected chi connectivity index (χ0v) is 15.6. The molecule has 0 saturated heterocycles. The van der Waals surface area contributed by atoms with E-state index in [4.69, 9.17) is 0 Å². The molecule has 0 saturated carbocycles. The van der Waals surface area contributed by atoms with E-state index in [2.05, 4.69) is 26.2 Å². The number of amides is 3. The first-order valence-electron chi connectivity index (χ1n) is 8.18. The van der Waals surface area contributed by atoms with Crippen molar-refractivity contribution in [2.45, 2.75) is 17.3 Å². The van der Waals surface area contributed by atoms with Crippen LogP contribution in [0.15, 0.2) is 59.8 Å². The molecule has 0 aliphatic rings. The molecule has 1 heterocycles. The van der Waals surface area contributed by atoms with Crippen molar-refractivity contribution in [3.8, 4) is 5.69 Å². The third-order valence-corrected chi connectivity index (χ3v) is 4.93. The molecular weight excluding hydrogens is 364 g/mol. The van der Waals surface area contributed by atoms with Gasteiger partial charge in [0.2, 0.25) is 11.1 Å². The summed E-state index contributed by atoms with van der Waals surface area (Å²) < 4.78 is 1.56. The van der Waals surface area contributed by atoms with Gasteiger partial charge in [0.05, 0.1) is 5.69 Å². The maximum absolute atomic E-state index is 12.7. The number of tetrazole rings is 1. The van der Waals surface area contributed by atoms with Gasteiger partial charge in [-0.1, -0.05) is 59.8 Å². The number of carbonyl (C=O) groups is 2. The lowest BCUT2D eigenvalue weighted by Gasteiger charge is -2.15. The lowest BCUT2D eigenvalue weighted by molar-refractivity contribution is -0.119. The maximum Gasteiger partial charge on any atom is 0.321 e. The number of nitrogens with one attached hydrogen (secondary N) is 2. The lowest BCUT2D eigenvalue weighted by Crippen LogP contribution is -2.39. The number of imide groups is 1. The van der Waals surface area contributed by atoms with Crippen LogP contribution in [0.4, 0.5) is 4.79 Å². The molecule has 138 valence electrons. The molecule has 1 atom stereocenters. The number of hydrogen-bond donors (Lipinski definition) is 2. The highest BCUT2D eigenvalue weighted by molar-refractivity contribution is 8.00. The van der Waals surface area contributed by atoms with Gasteiger partial charge >= 0.3 is 6.03 Å². The molecule has 8 nitrogen and oxygen atoms in total. The van der Waals surface area contributed by atoms with Gasteiger partial charge in [-0.2, -0.15) is 4.68 Å². The Hall–Kier alpha value is -3.20. The average Bonchev–Trinajstić information content (AvgIpc) is 3.15. The van der Waals surface area contributed by atoms with Crippen LogP contribution in [0.25, 0.3) is 5.69 Å². The SMILES string of the molecule is CNC(=O)NC(=O)[C@@H](Sc1nnnn1-c1ccc(C)cc1)c1ccccc1. The minimum absolute atomic E-state index is 0.444. The molecule has 3 rings (SSSR count). The van der Waals surface area contributed by atoms with E-state index in [0.29, 0.717) is 5.16 Å². The van der Waals surface area contributed by atoms with Crippen molar-refractivity contribution in [2.24, 2.45) is 0 Å². The molecule has 0 bridgehead atoms. The Morgan fingerprint density at radius 1 is 1.07 bits per heavy atom. The molecule has 0 fully saturated rings. The quantitative estimate of drug-likeness (QED) is 0.657. The van der Waals surface area contributed by atoms with Gasteiger partial charge in [0.1, 0.15) is 5.25 Å². The molecule has 0 spiro atoms. The molecule has 0 aliphatic heterocycles. The van der Waals surface area contributed by atoms with Gasteiger partial charge in [-0.3, -0.25) is 10.1 Å². The summed E-state index contributed by atoms with van der Waals surface area (Å²) in [5.41, 5.74) is 2.64. The second-order valence-corrected chi connectivity index (χ2v) is 6.76. The Morgan fingerprint density at radius 3 is 2.44 bits per heavy atom. The van der Waals surface area contributed by atoms with Gasteiger partial charge in [-0.15, -0.1) is 5.10 Å². The third-order valence-electron chi connectivity index (χ3n) is 3.75. The van der Waals surface area contributed by atoms with E-state index in [1.165, 1.54) is 18.8 Å². The van der Waals surface area contributed by atoms with Crippen molar-refractivity contribution in [1.29, 1.82) is 0 Å². The minimum atomic E-state index is -0.696. The van der Waals surface area contributed by atoms with Crippen LogP contribution in [0.3, 0.4) is 0 Å². The zero-order chi connectivity index (χ0) is 19.2. The van der Waals surface area contributed by atoms with E-state index >= 15 is 0 Å². The number of carbonyl (C=O) groups excluding carboxylic acids is 2. The van der Waals surface area contributed by atoms with E-state index in [-0.39, 0.29) is 0 Å². The highest BCUT2D eigenvalue weighted by Gasteiger charge is 2.26. The summed E-state index contributed by atoms with van der Waals surface area (Å²) in [6.07, 6.45) is 0. The first kappa shape index (κ1) is 18.6. The number of urea groups is 1. The normalized spacial score (nSPS) is 11.6. The van der Waals surface area contributed by atoms with Crippen molar-refractivity contribution in [3.63, 3.8) is 0 Å². The summed E-state index contributed by atoms with van der Waals surface area (Å²) in [7, 11) is 1.45. The number of aryl methyl sites for hydroxylation is 1. The Morgan fingerprint density at radius 2 is 1.78 bits per heavy atom. The number of aromatic nitrogens is 4. The topological polar surface area (TPSA) is 102 Å². The number of thioether (sulfide) groups is 1. The van der Waals surface area contributed by atoms with E-state index < -0.39 is 17.2 Å². The van der Waals surface area contributed by atoms with Crippen LogP contribution in [0.1, 0.15) is 16.4 Å². The fourth-order valence-electron chi connectivity index (χ4n) is 2.35. The van der Waals surface area contributed by atoms with E-state index in [1.807, 2.05) is 61.5 Å². The van der Waals surface area contributed by atoms with Crippen LogP contribution < -0.4 is 10.6 Å². The second kappa shape index (κ2) is 8.45. The molecule has 2 N–H and O–H groups in total. The van der Waals surface area contributed by atoms with Crippen molar-refractivity contribution in [3.05, 3.63) is 65.7 Å². The standard InChI is InChI=1S/C18H18N6O2S/c1-12-8-10-14(11-9-12)24-18(21-22-23-24)27-15(13-6-4-3-5-7-13)16(25)20-17(26)19-2/h3-11,15H,1-2H3,(H2,19,20,25,26)/t15-/m0/s1. The average molecular weight is 382 g/mol. The molecule has 0 aliphatic carbocycles. The predicted molar refractivity (Wildman–Crippen MR) is 102 cm³/mol. The Bertz CT molecular complexity index is 927. The molecule has 9 heteroatoms. The maximum atomic E-state index is 12.7. The summed E-state index contributed by atoms with van der Waals surface area (Å²) in [6, 6.07) is 16.3. The van der Waals surface area contributed by atoms with Crippen LogP contribution in [0, 0.1) is 6.92 Å². The van der Waals surface area contributed by atoms with E-state index in [9.17, 15) is 9.59 Å². The Balaban J connectivity index is 1.91. The van der Waals surface area contributed by atoms with Gasteiger partial charge in [-0.05, 0) is 35.0 Å². The molecule has 0 radical (unpaired) electrons. The number of nitrogens with zero attached hydrogens (tertiary/aromatic N) is 4. The van der Waals surface area contributed by atoms with Gasteiger partial charge in [-0.25, -0.2) is 4.79 Å².